The molecule has 1 aromatic carbocycles. The average molecular weight is 346 g/mol. The van der Waals surface area contributed by atoms with Crippen molar-refractivity contribution in [2.45, 2.75) is 6.92 Å². The van der Waals surface area contributed by atoms with Crippen LogP contribution in [0.5, 0.6) is 0 Å². The summed E-state index contributed by atoms with van der Waals surface area (Å²) in [5, 5.41) is 15.8. The monoisotopic (exact) mass is 345 g/mol. The summed E-state index contributed by atoms with van der Waals surface area (Å²) in [5.74, 6) is -0.902. The Hall–Kier alpha value is -2.32. The lowest BCUT2D eigenvalue weighted by molar-refractivity contribution is -0.384. The number of ether oxygens (including phenoxy) is 1. The van der Waals surface area contributed by atoms with Crippen LogP contribution in [0.4, 0.5) is 5.69 Å². The van der Waals surface area contributed by atoms with E-state index >= 15 is 0 Å². The third-order valence-electron chi connectivity index (χ3n) is 2.76. The molecular formula is C12H9Cl2N3O5. The first-order valence-corrected chi connectivity index (χ1v) is 6.74. The van der Waals surface area contributed by atoms with Gasteiger partial charge in [-0.15, -0.1) is 0 Å². The van der Waals surface area contributed by atoms with Crippen LogP contribution in [0.15, 0.2) is 16.9 Å². The van der Waals surface area contributed by atoms with Gasteiger partial charge in [0.2, 0.25) is 0 Å². The second kappa shape index (κ2) is 6.20. The van der Waals surface area contributed by atoms with E-state index in [0.29, 0.717) is 0 Å². The van der Waals surface area contributed by atoms with Crippen LogP contribution >= 0.6 is 23.2 Å². The van der Waals surface area contributed by atoms with Gasteiger partial charge in [-0.3, -0.25) is 25.1 Å². The highest BCUT2D eigenvalue weighted by Gasteiger charge is 2.27. The molecule has 22 heavy (non-hydrogen) atoms. The number of nitrogens with zero attached hydrogens (tertiary/aromatic N) is 1. The van der Waals surface area contributed by atoms with Gasteiger partial charge in [0.05, 0.1) is 32.8 Å². The minimum atomic E-state index is -0.902. The number of nitro benzene ring substituents is 1. The lowest BCUT2D eigenvalue weighted by atomic mass is 10.1. The highest BCUT2D eigenvalue weighted by atomic mass is 35.5. The van der Waals surface area contributed by atoms with Crippen molar-refractivity contribution >= 4 is 34.9 Å². The molecule has 2 N–H and O–H groups in total. The van der Waals surface area contributed by atoms with Crippen LogP contribution in [0, 0.1) is 10.1 Å². The second-order valence-electron chi connectivity index (χ2n) is 4.09. The number of nitrogens with one attached hydrogen (secondary N) is 2. The van der Waals surface area contributed by atoms with Crippen molar-refractivity contribution in [1.82, 2.24) is 10.2 Å². The van der Waals surface area contributed by atoms with Gasteiger partial charge < -0.3 is 4.74 Å². The van der Waals surface area contributed by atoms with E-state index in [-0.39, 0.29) is 33.5 Å². The quantitative estimate of drug-likeness (QED) is 0.501. The number of aromatic nitrogens is 2. The van der Waals surface area contributed by atoms with Crippen molar-refractivity contribution in [3.63, 3.8) is 0 Å². The first-order valence-electron chi connectivity index (χ1n) is 5.98. The van der Waals surface area contributed by atoms with Crippen molar-refractivity contribution in [3.8, 4) is 11.3 Å². The molecule has 2 aromatic rings. The molecule has 0 atom stereocenters. The minimum Gasteiger partial charge on any atom is -0.462 e. The van der Waals surface area contributed by atoms with Gasteiger partial charge in [0.1, 0.15) is 0 Å². The lowest BCUT2D eigenvalue weighted by Gasteiger charge is -2.05. The van der Waals surface area contributed by atoms with Crippen LogP contribution in [0.1, 0.15) is 17.3 Å². The molecule has 0 amide bonds. The van der Waals surface area contributed by atoms with Gasteiger partial charge in [0.25, 0.3) is 11.2 Å². The van der Waals surface area contributed by atoms with E-state index in [9.17, 15) is 19.7 Å². The normalized spacial score (nSPS) is 10.5. The van der Waals surface area contributed by atoms with Gasteiger partial charge in [0.15, 0.2) is 5.56 Å². The molecule has 2 rings (SSSR count). The molecule has 0 aliphatic carbocycles. The molecule has 0 saturated heterocycles. The number of rotatable bonds is 4. The fourth-order valence-corrected chi connectivity index (χ4v) is 2.17. The lowest BCUT2D eigenvalue weighted by Crippen LogP contribution is -2.16. The number of nitro groups is 1. The summed E-state index contributed by atoms with van der Waals surface area (Å²) in [5.41, 5.74) is -1.68. The summed E-state index contributed by atoms with van der Waals surface area (Å²) in [6, 6.07) is 2.24. The van der Waals surface area contributed by atoms with E-state index in [2.05, 4.69) is 10.2 Å². The zero-order valence-corrected chi connectivity index (χ0v) is 12.6. The van der Waals surface area contributed by atoms with E-state index in [4.69, 9.17) is 27.9 Å². The van der Waals surface area contributed by atoms with Crippen molar-refractivity contribution in [1.29, 1.82) is 0 Å². The number of hydrogen-bond donors (Lipinski definition) is 2. The van der Waals surface area contributed by atoms with Crippen LogP contribution in [-0.2, 0) is 4.74 Å². The van der Waals surface area contributed by atoms with E-state index in [1.807, 2.05) is 0 Å². The molecule has 1 aromatic heterocycles. The Morgan fingerprint density at radius 3 is 2.55 bits per heavy atom. The molecule has 0 aliphatic heterocycles. The Morgan fingerprint density at radius 1 is 1.32 bits per heavy atom. The van der Waals surface area contributed by atoms with Gasteiger partial charge in [0, 0.05) is 6.07 Å². The fourth-order valence-electron chi connectivity index (χ4n) is 1.85. The van der Waals surface area contributed by atoms with Crippen LogP contribution in [0.25, 0.3) is 11.3 Å². The molecule has 0 radical (unpaired) electrons. The number of carbonyl (C=O) groups excluding carboxylic acids is 1. The summed E-state index contributed by atoms with van der Waals surface area (Å²) >= 11 is 11.6. The molecule has 0 aliphatic rings. The number of aromatic amines is 2. The number of carbonyl (C=O) groups is 1. The zero-order chi connectivity index (χ0) is 16.4. The Bertz CT molecular complexity index is 812. The molecule has 0 saturated carbocycles. The number of hydrogen-bond acceptors (Lipinski definition) is 5. The fraction of sp³-hybridized carbons (Fsp3) is 0.167. The van der Waals surface area contributed by atoms with E-state index in [1.54, 1.807) is 6.92 Å². The number of halogens is 2. The zero-order valence-electron chi connectivity index (χ0n) is 11.1. The molecule has 8 nitrogen and oxygen atoms in total. The maximum Gasteiger partial charge on any atom is 0.346 e. The molecule has 0 spiro atoms. The highest BCUT2D eigenvalue weighted by molar-refractivity contribution is 6.42. The molecule has 116 valence electrons. The molecular weight excluding hydrogens is 337 g/mol. The van der Waals surface area contributed by atoms with Crippen LogP contribution in [0.2, 0.25) is 10.0 Å². The Morgan fingerprint density at radius 2 is 1.95 bits per heavy atom. The Labute approximate surface area is 133 Å². The summed E-state index contributed by atoms with van der Waals surface area (Å²) in [4.78, 5) is 34.1. The summed E-state index contributed by atoms with van der Waals surface area (Å²) in [6.07, 6.45) is 0. The van der Waals surface area contributed by atoms with Gasteiger partial charge in [-0.05, 0) is 13.0 Å². The molecule has 0 fully saturated rings. The molecule has 0 bridgehead atoms. The van der Waals surface area contributed by atoms with Crippen LogP contribution in [0.3, 0.4) is 0 Å². The SMILES string of the molecule is CCOC(=O)c1c(-c2cc(Cl)c(Cl)cc2[N+](=O)[O-])[nH][nH]c1=O. The molecule has 10 heteroatoms. The molecule has 1 heterocycles. The smallest absolute Gasteiger partial charge is 0.346 e. The number of H-pyrrole nitrogens is 2. The van der Waals surface area contributed by atoms with Crippen LogP contribution in [-0.4, -0.2) is 27.7 Å². The summed E-state index contributed by atoms with van der Waals surface area (Å²) in [7, 11) is 0. The summed E-state index contributed by atoms with van der Waals surface area (Å²) in [6.45, 7) is 1.62. The predicted molar refractivity (Wildman–Crippen MR) is 79.5 cm³/mol. The van der Waals surface area contributed by atoms with Crippen molar-refractivity contribution in [3.05, 3.63) is 48.2 Å². The van der Waals surface area contributed by atoms with Crippen LogP contribution < -0.4 is 5.56 Å². The van der Waals surface area contributed by atoms with Crippen molar-refractivity contribution in [2.24, 2.45) is 0 Å². The first kappa shape index (κ1) is 16.1. The second-order valence-corrected chi connectivity index (χ2v) is 4.90. The van der Waals surface area contributed by atoms with Gasteiger partial charge >= 0.3 is 5.97 Å². The number of benzene rings is 1. The third kappa shape index (κ3) is 2.83. The highest BCUT2D eigenvalue weighted by Crippen LogP contribution is 2.36. The van der Waals surface area contributed by atoms with Gasteiger partial charge in [-0.2, -0.15) is 0 Å². The predicted octanol–water partition coefficient (Wildman–Crippen LogP) is 2.76. The third-order valence-corrected chi connectivity index (χ3v) is 3.48. The minimum absolute atomic E-state index is 0.0207. The maximum atomic E-state index is 11.9. The topological polar surface area (TPSA) is 118 Å². The maximum absolute atomic E-state index is 11.9. The van der Waals surface area contributed by atoms with Gasteiger partial charge in [-0.25, -0.2) is 4.79 Å². The Kier molecular flexibility index (Phi) is 4.53. The first-order chi connectivity index (χ1) is 10.4. The number of esters is 1. The van der Waals surface area contributed by atoms with Crippen molar-refractivity contribution < 1.29 is 14.5 Å². The molecule has 0 unspecified atom stereocenters. The standard InChI is InChI=1S/C12H9Cl2N3O5/c1-2-22-12(19)9-10(15-16-11(9)18)5-3-6(13)7(14)4-8(5)17(20)21/h3-4H,2H2,1H3,(H2,15,16,18). The van der Waals surface area contributed by atoms with E-state index < -0.39 is 22.1 Å². The van der Waals surface area contributed by atoms with E-state index in [0.717, 1.165) is 6.07 Å². The van der Waals surface area contributed by atoms with Crippen molar-refractivity contribution in [2.75, 3.05) is 6.61 Å². The van der Waals surface area contributed by atoms with E-state index in [1.165, 1.54) is 6.07 Å². The largest absolute Gasteiger partial charge is 0.462 e. The average Bonchev–Trinajstić information content (AvgIpc) is 2.83. The van der Waals surface area contributed by atoms with Gasteiger partial charge in [-0.1, -0.05) is 23.2 Å². The summed E-state index contributed by atoms with van der Waals surface area (Å²) < 4.78 is 4.78. The Balaban J connectivity index is 2.73.